The van der Waals surface area contributed by atoms with Crippen molar-refractivity contribution in [2.45, 2.75) is 103 Å². The fourth-order valence-corrected chi connectivity index (χ4v) is 4.04. The van der Waals surface area contributed by atoms with Gasteiger partial charge in [-0.3, -0.25) is 9.32 Å². The Bertz CT molecular complexity index is 689. The number of carbonyl (C=O) groups excluding carboxylic acids is 1. The van der Waals surface area contributed by atoms with E-state index in [-0.39, 0.29) is 12.5 Å². The normalized spacial score (nSPS) is 12.8. The maximum absolute atomic E-state index is 12.3. The Hall–Kier alpha value is -1.46. The SMILES string of the molecule is CCCCCCCCC=CCCCCCCCC(=O)N[C@@H](COP(=O)(O)O)c1ccccc1. The Morgan fingerprint density at radius 3 is 2.03 bits per heavy atom. The number of allylic oxidation sites excluding steroid dienone is 2. The van der Waals surface area contributed by atoms with Gasteiger partial charge in [0.05, 0.1) is 12.6 Å². The molecule has 0 radical (unpaired) electrons. The van der Waals surface area contributed by atoms with E-state index in [4.69, 9.17) is 9.79 Å². The second kappa shape index (κ2) is 18.9. The Balaban J connectivity index is 2.11. The van der Waals surface area contributed by atoms with Gasteiger partial charge in [0.1, 0.15) is 0 Å². The van der Waals surface area contributed by atoms with Crippen molar-refractivity contribution in [3.63, 3.8) is 0 Å². The summed E-state index contributed by atoms with van der Waals surface area (Å²) in [6.45, 7) is 1.98. The molecule has 6 nitrogen and oxygen atoms in total. The van der Waals surface area contributed by atoms with Gasteiger partial charge in [-0.05, 0) is 37.7 Å². The third-order valence-electron chi connectivity index (χ3n) is 5.61. The van der Waals surface area contributed by atoms with Crippen LogP contribution in [0, 0.1) is 0 Å². The van der Waals surface area contributed by atoms with E-state index in [0.29, 0.717) is 6.42 Å². The minimum Gasteiger partial charge on any atom is -0.347 e. The second-order valence-corrected chi connectivity index (χ2v) is 9.89. The lowest BCUT2D eigenvalue weighted by Crippen LogP contribution is -2.31. The van der Waals surface area contributed by atoms with Gasteiger partial charge in [0, 0.05) is 6.42 Å². The maximum atomic E-state index is 12.3. The van der Waals surface area contributed by atoms with E-state index in [0.717, 1.165) is 31.2 Å². The molecule has 0 aliphatic carbocycles. The first-order chi connectivity index (χ1) is 15.9. The monoisotopic (exact) mass is 481 g/mol. The van der Waals surface area contributed by atoms with Gasteiger partial charge in [-0.25, -0.2) is 4.57 Å². The molecule has 0 spiro atoms. The Morgan fingerprint density at radius 2 is 1.45 bits per heavy atom. The Labute approximate surface area is 200 Å². The molecule has 0 aromatic heterocycles. The zero-order valence-corrected chi connectivity index (χ0v) is 21.2. The van der Waals surface area contributed by atoms with Crippen molar-refractivity contribution < 1.29 is 23.7 Å². The van der Waals surface area contributed by atoms with Gasteiger partial charge in [0.25, 0.3) is 0 Å². The molecule has 1 rings (SSSR count). The highest BCUT2D eigenvalue weighted by molar-refractivity contribution is 7.46. The van der Waals surface area contributed by atoms with E-state index in [9.17, 15) is 9.36 Å². The van der Waals surface area contributed by atoms with E-state index in [1.54, 1.807) is 12.1 Å². The lowest BCUT2D eigenvalue weighted by Gasteiger charge is -2.19. The number of nitrogens with one attached hydrogen (secondary N) is 1. The van der Waals surface area contributed by atoms with Crippen LogP contribution in [0.1, 0.15) is 108 Å². The third kappa shape index (κ3) is 17.7. The molecule has 0 saturated carbocycles. The number of amides is 1. The minimum atomic E-state index is -4.59. The topological polar surface area (TPSA) is 95.9 Å². The van der Waals surface area contributed by atoms with E-state index in [2.05, 4.69) is 28.9 Å². The molecule has 188 valence electrons. The standard InChI is InChI=1S/C26H44NO5P/c1-2-3-4-5-6-7-8-9-10-11-12-13-14-15-19-22-26(28)27-25(23-32-33(29,30)31)24-20-17-16-18-21-24/h9-10,16-18,20-21,25H,2-8,11-15,19,22-23H2,1H3,(H,27,28)(H2,29,30,31)/t25-/m0/s1. The summed E-state index contributed by atoms with van der Waals surface area (Å²) >= 11 is 0. The molecule has 0 heterocycles. The fraction of sp³-hybridized carbons (Fsp3) is 0.654. The molecular weight excluding hydrogens is 437 g/mol. The summed E-state index contributed by atoms with van der Waals surface area (Å²) in [6, 6.07) is 8.49. The van der Waals surface area contributed by atoms with Gasteiger partial charge in [0.15, 0.2) is 0 Å². The molecule has 0 saturated heterocycles. The van der Waals surface area contributed by atoms with Crippen molar-refractivity contribution in [2.24, 2.45) is 0 Å². The summed E-state index contributed by atoms with van der Waals surface area (Å²) in [5.41, 5.74) is 0.754. The number of phosphoric ester groups is 1. The number of hydrogen-bond acceptors (Lipinski definition) is 3. The van der Waals surface area contributed by atoms with Crippen LogP contribution in [0.25, 0.3) is 0 Å². The van der Waals surface area contributed by atoms with Crippen LogP contribution in [0.4, 0.5) is 0 Å². The summed E-state index contributed by atoms with van der Waals surface area (Å²) in [7, 11) is -4.59. The fourth-order valence-electron chi connectivity index (χ4n) is 3.70. The minimum absolute atomic E-state index is 0.129. The van der Waals surface area contributed by atoms with E-state index in [1.807, 2.05) is 18.2 Å². The zero-order valence-electron chi connectivity index (χ0n) is 20.3. The summed E-state index contributed by atoms with van der Waals surface area (Å²) in [6.07, 6.45) is 20.7. The summed E-state index contributed by atoms with van der Waals surface area (Å²) in [5, 5.41) is 2.84. The predicted octanol–water partition coefficient (Wildman–Crippen LogP) is 6.99. The molecule has 0 fully saturated rings. The van der Waals surface area contributed by atoms with Crippen LogP contribution in [0.3, 0.4) is 0 Å². The zero-order chi connectivity index (χ0) is 24.2. The number of phosphoric acid groups is 1. The van der Waals surface area contributed by atoms with Crippen LogP contribution in [0.5, 0.6) is 0 Å². The van der Waals surface area contributed by atoms with Crippen LogP contribution in [-0.2, 0) is 13.9 Å². The quantitative estimate of drug-likeness (QED) is 0.106. The Morgan fingerprint density at radius 1 is 0.909 bits per heavy atom. The predicted molar refractivity (Wildman–Crippen MR) is 135 cm³/mol. The highest BCUT2D eigenvalue weighted by Gasteiger charge is 2.20. The van der Waals surface area contributed by atoms with Crippen LogP contribution >= 0.6 is 7.82 Å². The van der Waals surface area contributed by atoms with Crippen LogP contribution < -0.4 is 5.32 Å². The van der Waals surface area contributed by atoms with Crippen LogP contribution in [0.15, 0.2) is 42.5 Å². The highest BCUT2D eigenvalue weighted by atomic mass is 31.2. The van der Waals surface area contributed by atoms with Crippen molar-refractivity contribution in [1.82, 2.24) is 5.32 Å². The first-order valence-corrected chi connectivity index (χ1v) is 14.1. The Kier molecular flexibility index (Phi) is 16.9. The number of rotatable bonds is 20. The van der Waals surface area contributed by atoms with Gasteiger partial charge in [-0.15, -0.1) is 0 Å². The number of benzene rings is 1. The van der Waals surface area contributed by atoms with Crippen molar-refractivity contribution in [3.8, 4) is 0 Å². The molecular formula is C26H44NO5P. The molecule has 1 aromatic rings. The van der Waals surface area contributed by atoms with Gasteiger partial charge in [-0.1, -0.05) is 101 Å². The summed E-state index contributed by atoms with van der Waals surface area (Å²) in [5.74, 6) is -0.129. The van der Waals surface area contributed by atoms with Gasteiger partial charge in [0.2, 0.25) is 5.91 Å². The van der Waals surface area contributed by atoms with Crippen molar-refractivity contribution in [2.75, 3.05) is 6.61 Å². The van der Waals surface area contributed by atoms with Crippen LogP contribution in [-0.4, -0.2) is 22.3 Å². The van der Waals surface area contributed by atoms with Gasteiger partial charge >= 0.3 is 7.82 Å². The maximum Gasteiger partial charge on any atom is 0.469 e. The number of hydrogen-bond donors (Lipinski definition) is 3. The second-order valence-electron chi connectivity index (χ2n) is 8.65. The first kappa shape index (κ1) is 29.6. The number of carbonyl (C=O) groups is 1. The van der Waals surface area contributed by atoms with Gasteiger partial charge < -0.3 is 15.1 Å². The molecule has 33 heavy (non-hydrogen) atoms. The van der Waals surface area contributed by atoms with Gasteiger partial charge in [-0.2, -0.15) is 0 Å². The molecule has 0 unspecified atom stereocenters. The summed E-state index contributed by atoms with van der Waals surface area (Å²) in [4.78, 5) is 30.3. The van der Waals surface area contributed by atoms with Crippen LogP contribution in [0.2, 0.25) is 0 Å². The molecule has 0 aliphatic rings. The molecule has 3 N–H and O–H groups in total. The molecule has 1 aromatic carbocycles. The smallest absolute Gasteiger partial charge is 0.347 e. The van der Waals surface area contributed by atoms with E-state index in [1.165, 1.54) is 57.8 Å². The lowest BCUT2D eigenvalue weighted by molar-refractivity contribution is -0.122. The average Bonchev–Trinajstić information content (AvgIpc) is 2.79. The molecule has 0 bridgehead atoms. The molecule has 1 atom stereocenters. The van der Waals surface area contributed by atoms with Crippen molar-refractivity contribution in [3.05, 3.63) is 48.0 Å². The van der Waals surface area contributed by atoms with E-state index < -0.39 is 13.9 Å². The average molecular weight is 482 g/mol. The molecule has 1 amide bonds. The van der Waals surface area contributed by atoms with E-state index >= 15 is 0 Å². The summed E-state index contributed by atoms with van der Waals surface area (Å²) < 4.78 is 15.7. The first-order valence-electron chi connectivity index (χ1n) is 12.6. The third-order valence-corrected chi connectivity index (χ3v) is 6.10. The van der Waals surface area contributed by atoms with Crippen molar-refractivity contribution >= 4 is 13.7 Å². The highest BCUT2D eigenvalue weighted by Crippen LogP contribution is 2.37. The lowest BCUT2D eigenvalue weighted by atomic mass is 10.1. The molecule has 7 heteroatoms. The molecule has 0 aliphatic heterocycles. The largest absolute Gasteiger partial charge is 0.469 e. The van der Waals surface area contributed by atoms with Crippen molar-refractivity contribution in [1.29, 1.82) is 0 Å². The number of unbranched alkanes of at least 4 members (excludes halogenated alkanes) is 11.